The van der Waals surface area contributed by atoms with Gasteiger partial charge in [-0.15, -0.1) is 0 Å². The quantitative estimate of drug-likeness (QED) is 0.689. The molecule has 0 aliphatic heterocycles. The number of hydrogen-bond acceptors (Lipinski definition) is 2. The van der Waals surface area contributed by atoms with Crippen LogP contribution in [-0.4, -0.2) is 22.9 Å². The molecule has 0 fully saturated rings. The first-order valence-corrected chi connectivity index (χ1v) is 8.40. The fraction of sp³-hybridized carbons (Fsp3) is 0.158. The van der Waals surface area contributed by atoms with Crippen molar-refractivity contribution in [1.29, 1.82) is 0 Å². The number of rotatable bonds is 4. The molecule has 0 saturated carbocycles. The van der Waals surface area contributed by atoms with Crippen LogP contribution >= 0.6 is 11.6 Å². The summed E-state index contributed by atoms with van der Waals surface area (Å²) in [6, 6.07) is 11.8. The van der Waals surface area contributed by atoms with Crippen molar-refractivity contribution in [3.05, 3.63) is 65.1 Å². The van der Waals surface area contributed by atoms with E-state index >= 15 is 0 Å². The molecule has 2 aromatic carbocycles. The summed E-state index contributed by atoms with van der Waals surface area (Å²) in [7, 11) is 1.98. The minimum Gasteiger partial charge on any atom is -0.351 e. The van der Waals surface area contributed by atoms with Gasteiger partial charge in [0, 0.05) is 31.0 Å². The Hall–Kier alpha value is -2.86. The molecule has 7 heteroatoms. The van der Waals surface area contributed by atoms with E-state index < -0.39 is 17.6 Å². The average Bonchev–Trinajstić information content (AvgIpc) is 2.98. The van der Waals surface area contributed by atoms with Crippen LogP contribution in [0.25, 0.3) is 10.9 Å². The molecule has 5 nitrogen and oxygen atoms in total. The second kappa shape index (κ2) is 7.58. The monoisotopic (exact) mass is 373 g/mol. The standard InChI is InChI=1S/C19H17ClFN3O2/c1-24-9-7-13-10-12(2-5-17(13)24)6-8-22-18(25)19(26)23-14-3-4-16(21)15(20)11-14/h2-5,7,9-11H,6,8H2,1H3,(H,22,25)(H,23,26). The van der Waals surface area contributed by atoms with Crippen molar-refractivity contribution in [3.8, 4) is 0 Å². The number of nitrogens with zero attached hydrogens (tertiary/aromatic N) is 1. The molecule has 134 valence electrons. The maximum atomic E-state index is 13.1. The zero-order chi connectivity index (χ0) is 18.7. The average molecular weight is 374 g/mol. The molecular formula is C19H17ClFN3O2. The molecule has 0 atom stereocenters. The molecule has 3 rings (SSSR count). The molecule has 0 radical (unpaired) electrons. The minimum atomic E-state index is -0.828. The topological polar surface area (TPSA) is 63.1 Å². The molecule has 2 amide bonds. The fourth-order valence-electron chi connectivity index (χ4n) is 2.65. The molecule has 1 aromatic heterocycles. The van der Waals surface area contributed by atoms with Crippen LogP contribution in [0.4, 0.5) is 10.1 Å². The van der Waals surface area contributed by atoms with Crippen LogP contribution in [0.1, 0.15) is 5.56 Å². The van der Waals surface area contributed by atoms with Crippen molar-refractivity contribution in [1.82, 2.24) is 9.88 Å². The lowest BCUT2D eigenvalue weighted by Crippen LogP contribution is -2.36. The largest absolute Gasteiger partial charge is 0.351 e. The van der Waals surface area contributed by atoms with Gasteiger partial charge in [-0.05, 0) is 53.8 Å². The van der Waals surface area contributed by atoms with E-state index in [0.29, 0.717) is 13.0 Å². The Morgan fingerprint density at radius 1 is 1.12 bits per heavy atom. The number of anilines is 1. The Kier molecular flexibility index (Phi) is 5.23. The molecule has 0 aliphatic rings. The number of aryl methyl sites for hydroxylation is 1. The number of amides is 2. The lowest BCUT2D eigenvalue weighted by atomic mass is 10.1. The number of nitrogens with one attached hydrogen (secondary N) is 2. The maximum Gasteiger partial charge on any atom is 0.313 e. The number of halogens is 2. The van der Waals surface area contributed by atoms with Gasteiger partial charge in [-0.2, -0.15) is 0 Å². The van der Waals surface area contributed by atoms with Crippen LogP contribution in [0, 0.1) is 5.82 Å². The Morgan fingerprint density at radius 3 is 2.69 bits per heavy atom. The summed E-state index contributed by atoms with van der Waals surface area (Å²) < 4.78 is 15.1. The van der Waals surface area contributed by atoms with Crippen LogP contribution in [0.3, 0.4) is 0 Å². The molecule has 0 spiro atoms. The van der Waals surface area contributed by atoms with Crippen LogP contribution < -0.4 is 10.6 Å². The van der Waals surface area contributed by atoms with E-state index in [2.05, 4.69) is 16.7 Å². The normalized spacial score (nSPS) is 10.7. The smallest absolute Gasteiger partial charge is 0.313 e. The summed E-state index contributed by atoms with van der Waals surface area (Å²) in [4.78, 5) is 23.7. The summed E-state index contributed by atoms with van der Waals surface area (Å²) in [5, 5.41) is 5.95. The van der Waals surface area contributed by atoms with E-state index in [1.807, 2.05) is 36.0 Å². The number of benzene rings is 2. The third-order valence-electron chi connectivity index (χ3n) is 4.03. The van der Waals surface area contributed by atoms with E-state index in [1.165, 1.54) is 12.1 Å². The molecule has 0 unspecified atom stereocenters. The third kappa shape index (κ3) is 4.03. The van der Waals surface area contributed by atoms with Gasteiger partial charge in [0.05, 0.1) is 5.02 Å². The highest BCUT2D eigenvalue weighted by Gasteiger charge is 2.14. The van der Waals surface area contributed by atoms with Gasteiger partial charge in [0.15, 0.2) is 0 Å². The van der Waals surface area contributed by atoms with Crippen molar-refractivity contribution >= 4 is 40.0 Å². The van der Waals surface area contributed by atoms with E-state index in [1.54, 1.807) is 0 Å². The Labute approximate surface area is 154 Å². The summed E-state index contributed by atoms with van der Waals surface area (Å²) in [5.74, 6) is -2.18. The Morgan fingerprint density at radius 2 is 1.92 bits per heavy atom. The highest BCUT2D eigenvalue weighted by Crippen LogP contribution is 2.19. The van der Waals surface area contributed by atoms with Gasteiger partial charge in [-0.3, -0.25) is 9.59 Å². The van der Waals surface area contributed by atoms with Crippen molar-refractivity contribution in [2.45, 2.75) is 6.42 Å². The highest BCUT2D eigenvalue weighted by molar-refractivity contribution is 6.39. The first-order chi connectivity index (χ1) is 12.4. The van der Waals surface area contributed by atoms with Gasteiger partial charge in [0.2, 0.25) is 0 Å². The molecule has 0 saturated heterocycles. The molecule has 3 aromatic rings. The van der Waals surface area contributed by atoms with Gasteiger partial charge in [-0.25, -0.2) is 4.39 Å². The Bertz CT molecular complexity index is 984. The minimum absolute atomic E-state index is 0.125. The number of fused-ring (bicyclic) bond motifs is 1. The molecule has 0 aliphatic carbocycles. The van der Waals surface area contributed by atoms with E-state index in [4.69, 9.17) is 11.6 Å². The van der Waals surface area contributed by atoms with Crippen molar-refractivity contribution in [2.24, 2.45) is 7.05 Å². The van der Waals surface area contributed by atoms with Crippen LogP contribution in [0.5, 0.6) is 0 Å². The number of hydrogen-bond donors (Lipinski definition) is 2. The maximum absolute atomic E-state index is 13.1. The summed E-state index contributed by atoms with van der Waals surface area (Å²) in [6.45, 7) is 0.328. The molecule has 1 heterocycles. The SMILES string of the molecule is Cn1ccc2cc(CCNC(=O)C(=O)Nc3ccc(F)c(Cl)c3)ccc21. The molecule has 26 heavy (non-hydrogen) atoms. The van der Waals surface area contributed by atoms with Gasteiger partial charge in [0.1, 0.15) is 5.82 Å². The highest BCUT2D eigenvalue weighted by atomic mass is 35.5. The lowest BCUT2D eigenvalue weighted by molar-refractivity contribution is -0.136. The van der Waals surface area contributed by atoms with Crippen molar-refractivity contribution < 1.29 is 14.0 Å². The predicted molar refractivity (Wildman–Crippen MR) is 99.7 cm³/mol. The van der Waals surface area contributed by atoms with Gasteiger partial charge < -0.3 is 15.2 Å². The molecule has 2 N–H and O–H groups in total. The fourth-order valence-corrected chi connectivity index (χ4v) is 2.83. The van der Waals surface area contributed by atoms with Crippen LogP contribution in [0.2, 0.25) is 5.02 Å². The van der Waals surface area contributed by atoms with Gasteiger partial charge >= 0.3 is 11.8 Å². The second-order valence-electron chi connectivity index (χ2n) is 5.91. The molecule has 0 bridgehead atoms. The van der Waals surface area contributed by atoms with Crippen LogP contribution in [0.15, 0.2) is 48.7 Å². The predicted octanol–water partition coefficient (Wildman–Crippen LogP) is 3.27. The first kappa shape index (κ1) is 17.9. The lowest BCUT2D eigenvalue weighted by Gasteiger charge is -2.07. The summed E-state index contributed by atoms with van der Waals surface area (Å²) in [5.41, 5.74) is 2.45. The summed E-state index contributed by atoms with van der Waals surface area (Å²) in [6.07, 6.45) is 2.59. The third-order valence-corrected chi connectivity index (χ3v) is 4.32. The van der Waals surface area contributed by atoms with Gasteiger partial charge in [-0.1, -0.05) is 17.7 Å². The number of carbonyl (C=O) groups excluding carboxylic acids is 2. The van der Waals surface area contributed by atoms with E-state index in [-0.39, 0.29) is 10.7 Å². The second-order valence-corrected chi connectivity index (χ2v) is 6.32. The van der Waals surface area contributed by atoms with Crippen molar-refractivity contribution in [2.75, 3.05) is 11.9 Å². The van der Waals surface area contributed by atoms with Crippen molar-refractivity contribution in [3.63, 3.8) is 0 Å². The zero-order valence-corrected chi connectivity index (χ0v) is 14.8. The summed E-state index contributed by atoms with van der Waals surface area (Å²) >= 11 is 5.64. The van der Waals surface area contributed by atoms with E-state index in [9.17, 15) is 14.0 Å². The number of carbonyl (C=O) groups is 2. The van der Waals surface area contributed by atoms with E-state index in [0.717, 1.165) is 22.5 Å². The Balaban J connectivity index is 1.52. The van der Waals surface area contributed by atoms with Crippen LogP contribution in [-0.2, 0) is 23.1 Å². The number of aromatic nitrogens is 1. The van der Waals surface area contributed by atoms with Gasteiger partial charge in [0.25, 0.3) is 0 Å². The molecular weight excluding hydrogens is 357 g/mol. The zero-order valence-electron chi connectivity index (χ0n) is 14.1. The first-order valence-electron chi connectivity index (χ1n) is 8.02.